The number of piperidine rings is 1. The van der Waals surface area contributed by atoms with E-state index in [1.165, 1.54) is 15.6 Å². The van der Waals surface area contributed by atoms with Gasteiger partial charge < -0.3 is 5.32 Å². The first-order valence-corrected chi connectivity index (χ1v) is 13.1. The van der Waals surface area contributed by atoms with Crippen molar-refractivity contribution in [1.82, 2.24) is 9.29 Å². The second-order valence-corrected chi connectivity index (χ2v) is 10.9. The van der Waals surface area contributed by atoms with Crippen molar-refractivity contribution in [2.75, 3.05) is 18.4 Å². The number of anilines is 1. The molecule has 168 valence electrons. The van der Waals surface area contributed by atoms with Crippen LogP contribution in [0.2, 0.25) is 0 Å². The molecule has 0 saturated carbocycles. The molecular formula is C25H23N3O3S2. The summed E-state index contributed by atoms with van der Waals surface area (Å²) < 4.78 is 27.3. The average molecular weight is 478 g/mol. The molecule has 0 spiro atoms. The summed E-state index contributed by atoms with van der Waals surface area (Å²) in [5, 5.41) is 7.61. The van der Waals surface area contributed by atoms with Gasteiger partial charge in [0.1, 0.15) is 0 Å². The summed E-state index contributed by atoms with van der Waals surface area (Å²) in [5.41, 5.74) is 1.83. The smallest absolute Gasteiger partial charge is 0.243 e. The van der Waals surface area contributed by atoms with E-state index in [1.807, 2.05) is 29.6 Å². The Morgan fingerprint density at radius 3 is 2.61 bits per heavy atom. The Labute approximate surface area is 197 Å². The van der Waals surface area contributed by atoms with Gasteiger partial charge in [-0.25, -0.2) is 13.4 Å². The zero-order chi connectivity index (χ0) is 22.8. The first-order valence-electron chi connectivity index (χ1n) is 10.8. The van der Waals surface area contributed by atoms with Crippen LogP contribution in [0.3, 0.4) is 0 Å². The molecule has 0 bridgehead atoms. The Kier molecular flexibility index (Phi) is 5.97. The molecule has 1 saturated heterocycles. The van der Waals surface area contributed by atoms with Crippen LogP contribution in [0.5, 0.6) is 0 Å². The zero-order valence-corrected chi connectivity index (χ0v) is 19.5. The molecule has 0 aliphatic carbocycles. The van der Waals surface area contributed by atoms with Gasteiger partial charge in [0.25, 0.3) is 0 Å². The number of hydrogen-bond donors (Lipinski definition) is 1. The molecule has 1 fully saturated rings. The fourth-order valence-corrected chi connectivity index (χ4v) is 6.49. The standard InChI is InChI=1S/C25H23N3O3S2/c29-24(19-10-7-15-28(16-19)33(30,31)20-11-2-1-3-12-20)27-25-26-23(17-32-25)22-14-6-9-18-8-4-5-13-21(18)22/h1-6,8-9,11-14,17,19H,7,10,15-16H2,(H,26,27,29). The van der Waals surface area contributed by atoms with Crippen LogP contribution in [-0.2, 0) is 14.8 Å². The van der Waals surface area contributed by atoms with Crippen LogP contribution in [0.25, 0.3) is 22.0 Å². The third-order valence-electron chi connectivity index (χ3n) is 5.94. The second-order valence-electron chi connectivity index (χ2n) is 8.07. The first kappa shape index (κ1) is 21.8. The lowest BCUT2D eigenvalue weighted by Crippen LogP contribution is -2.43. The number of carbonyl (C=O) groups is 1. The molecular weight excluding hydrogens is 454 g/mol. The van der Waals surface area contributed by atoms with Gasteiger partial charge in [-0.15, -0.1) is 11.3 Å². The highest BCUT2D eigenvalue weighted by molar-refractivity contribution is 7.89. The van der Waals surface area contributed by atoms with Crippen molar-refractivity contribution < 1.29 is 13.2 Å². The molecule has 1 amide bonds. The number of hydrogen-bond acceptors (Lipinski definition) is 5. The number of aromatic nitrogens is 1. The molecule has 6 nitrogen and oxygen atoms in total. The molecule has 5 rings (SSSR count). The SMILES string of the molecule is O=C(Nc1nc(-c2cccc3ccccc23)cs1)C1CCCN(S(=O)(=O)c2ccccc2)C1. The lowest BCUT2D eigenvalue weighted by atomic mass is 9.99. The van der Waals surface area contributed by atoms with E-state index in [9.17, 15) is 13.2 Å². The van der Waals surface area contributed by atoms with Crippen LogP contribution < -0.4 is 5.32 Å². The lowest BCUT2D eigenvalue weighted by Gasteiger charge is -2.31. The average Bonchev–Trinajstić information content (AvgIpc) is 3.32. The molecule has 1 N–H and O–H groups in total. The molecule has 3 aromatic carbocycles. The molecule has 33 heavy (non-hydrogen) atoms. The van der Waals surface area contributed by atoms with E-state index in [0.717, 1.165) is 22.0 Å². The van der Waals surface area contributed by atoms with E-state index in [1.54, 1.807) is 30.3 Å². The van der Waals surface area contributed by atoms with Gasteiger partial charge in [0.2, 0.25) is 15.9 Å². The maximum absolute atomic E-state index is 13.0. The van der Waals surface area contributed by atoms with Gasteiger partial charge >= 0.3 is 0 Å². The Balaban J connectivity index is 1.31. The minimum Gasteiger partial charge on any atom is -0.302 e. The van der Waals surface area contributed by atoms with Crippen LogP contribution >= 0.6 is 11.3 Å². The molecule has 1 aliphatic rings. The summed E-state index contributed by atoms with van der Waals surface area (Å²) in [5.74, 6) is -0.607. The van der Waals surface area contributed by atoms with E-state index in [4.69, 9.17) is 0 Å². The Hall–Kier alpha value is -3.07. The summed E-state index contributed by atoms with van der Waals surface area (Å²) >= 11 is 1.37. The monoisotopic (exact) mass is 477 g/mol. The third-order valence-corrected chi connectivity index (χ3v) is 8.57. The number of benzene rings is 3. The minimum atomic E-state index is -3.61. The fraction of sp³-hybridized carbons (Fsp3) is 0.200. The van der Waals surface area contributed by atoms with E-state index in [-0.39, 0.29) is 17.3 Å². The molecule has 1 aromatic heterocycles. The van der Waals surface area contributed by atoms with Crippen molar-refractivity contribution in [3.8, 4) is 11.3 Å². The summed E-state index contributed by atoms with van der Waals surface area (Å²) in [6.07, 6.45) is 1.29. The summed E-state index contributed by atoms with van der Waals surface area (Å²) in [6.45, 7) is 0.591. The quantitative estimate of drug-likeness (QED) is 0.439. The highest BCUT2D eigenvalue weighted by Gasteiger charge is 2.33. The number of fused-ring (bicyclic) bond motifs is 1. The van der Waals surface area contributed by atoms with Crippen LogP contribution in [0.15, 0.2) is 83.1 Å². The zero-order valence-electron chi connectivity index (χ0n) is 17.8. The summed E-state index contributed by atoms with van der Waals surface area (Å²) in [6, 6.07) is 22.6. The number of thiazole rings is 1. The van der Waals surface area contributed by atoms with Crippen molar-refractivity contribution in [2.24, 2.45) is 5.92 Å². The third kappa shape index (κ3) is 4.42. The summed E-state index contributed by atoms with van der Waals surface area (Å²) in [7, 11) is -3.61. The largest absolute Gasteiger partial charge is 0.302 e. The molecule has 2 heterocycles. The number of nitrogens with zero attached hydrogens (tertiary/aromatic N) is 2. The van der Waals surface area contributed by atoms with Crippen LogP contribution in [-0.4, -0.2) is 36.7 Å². The highest BCUT2D eigenvalue weighted by atomic mass is 32.2. The Morgan fingerprint density at radius 1 is 1.00 bits per heavy atom. The van der Waals surface area contributed by atoms with E-state index < -0.39 is 15.9 Å². The topological polar surface area (TPSA) is 79.4 Å². The van der Waals surface area contributed by atoms with Crippen molar-refractivity contribution in [3.63, 3.8) is 0 Å². The number of carbonyl (C=O) groups excluding carboxylic acids is 1. The van der Waals surface area contributed by atoms with Crippen LogP contribution in [0, 0.1) is 5.92 Å². The molecule has 8 heteroatoms. The van der Waals surface area contributed by atoms with E-state index in [2.05, 4.69) is 28.5 Å². The van der Waals surface area contributed by atoms with Gasteiger partial charge in [-0.3, -0.25) is 4.79 Å². The highest BCUT2D eigenvalue weighted by Crippen LogP contribution is 2.31. The van der Waals surface area contributed by atoms with Gasteiger partial charge in [-0.2, -0.15) is 4.31 Å². The maximum Gasteiger partial charge on any atom is 0.243 e. The van der Waals surface area contributed by atoms with Gasteiger partial charge in [0, 0.05) is 24.0 Å². The predicted octanol–water partition coefficient (Wildman–Crippen LogP) is 5.00. The van der Waals surface area contributed by atoms with Gasteiger partial charge in [-0.1, -0.05) is 60.7 Å². The van der Waals surface area contributed by atoms with Crippen LogP contribution in [0.4, 0.5) is 5.13 Å². The molecule has 1 unspecified atom stereocenters. The molecule has 0 radical (unpaired) electrons. The van der Waals surface area contributed by atoms with Crippen LogP contribution in [0.1, 0.15) is 12.8 Å². The molecule has 1 aliphatic heterocycles. The predicted molar refractivity (Wildman–Crippen MR) is 132 cm³/mol. The normalized spacial score (nSPS) is 17.2. The summed E-state index contributed by atoms with van der Waals surface area (Å²) in [4.78, 5) is 17.9. The lowest BCUT2D eigenvalue weighted by molar-refractivity contribution is -0.120. The van der Waals surface area contributed by atoms with E-state index >= 15 is 0 Å². The second kappa shape index (κ2) is 9.05. The maximum atomic E-state index is 13.0. The minimum absolute atomic E-state index is 0.171. The van der Waals surface area contributed by atoms with E-state index in [0.29, 0.717) is 24.5 Å². The van der Waals surface area contributed by atoms with Crippen molar-refractivity contribution in [2.45, 2.75) is 17.7 Å². The Morgan fingerprint density at radius 2 is 1.76 bits per heavy atom. The van der Waals surface area contributed by atoms with Gasteiger partial charge in [0.05, 0.1) is 16.5 Å². The fourth-order valence-electron chi connectivity index (χ4n) is 4.23. The van der Waals surface area contributed by atoms with Crippen molar-refractivity contribution >= 4 is 43.2 Å². The van der Waals surface area contributed by atoms with Crippen molar-refractivity contribution in [1.29, 1.82) is 0 Å². The number of rotatable bonds is 5. The first-order chi connectivity index (χ1) is 16.0. The molecule has 4 aromatic rings. The number of nitrogens with one attached hydrogen (secondary N) is 1. The number of sulfonamides is 1. The van der Waals surface area contributed by atoms with Gasteiger partial charge in [-0.05, 0) is 35.7 Å². The Bertz CT molecular complexity index is 1400. The van der Waals surface area contributed by atoms with Crippen molar-refractivity contribution in [3.05, 3.63) is 78.2 Å². The number of amides is 1. The van der Waals surface area contributed by atoms with Gasteiger partial charge in [0.15, 0.2) is 5.13 Å². The molecule has 1 atom stereocenters.